The number of carbonyl (C=O) groups excluding carboxylic acids is 2. The number of likely N-dealkylation sites (N-methyl/N-ethyl adjacent to an activating group) is 1. The van der Waals surface area contributed by atoms with Gasteiger partial charge in [0.2, 0.25) is 11.8 Å². The smallest absolute Gasteiger partial charge is 0.264 e. The lowest BCUT2D eigenvalue weighted by molar-refractivity contribution is -0.139. The van der Waals surface area contributed by atoms with Gasteiger partial charge in [-0.1, -0.05) is 41.4 Å². The molecule has 1 N–H and O–H groups in total. The van der Waals surface area contributed by atoms with Crippen molar-refractivity contribution >= 4 is 39.1 Å². The van der Waals surface area contributed by atoms with Crippen LogP contribution < -0.4 is 14.4 Å². The molecule has 3 aromatic carbocycles. The first-order valence-corrected chi connectivity index (χ1v) is 13.4. The second kappa shape index (κ2) is 12.1. The number of ether oxygens (including phenoxy) is 1. The van der Waals surface area contributed by atoms with E-state index in [2.05, 4.69) is 5.32 Å². The maximum atomic E-state index is 13.7. The van der Waals surface area contributed by atoms with Gasteiger partial charge >= 0.3 is 0 Å². The maximum Gasteiger partial charge on any atom is 0.264 e. The number of rotatable bonds is 10. The van der Waals surface area contributed by atoms with Crippen LogP contribution in [0.15, 0.2) is 77.7 Å². The number of nitrogens with zero attached hydrogens (tertiary/aromatic N) is 2. The molecule has 196 valence electrons. The summed E-state index contributed by atoms with van der Waals surface area (Å²) in [5.74, 6) is -0.255. The summed E-state index contributed by atoms with van der Waals surface area (Å²) in [5.41, 5.74) is 2.02. The fourth-order valence-electron chi connectivity index (χ4n) is 3.69. The highest BCUT2D eigenvalue weighted by atomic mass is 35.5. The van der Waals surface area contributed by atoms with Crippen molar-refractivity contribution in [1.29, 1.82) is 0 Å². The van der Waals surface area contributed by atoms with Crippen molar-refractivity contribution in [2.24, 2.45) is 0 Å². The van der Waals surface area contributed by atoms with E-state index >= 15 is 0 Å². The molecule has 0 heterocycles. The van der Waals surface area contributed by atoms with Crippen LogP contribution in [-0.2, 0) is 26.2 Å². The van der Waals surface area contributed by atoms with Crippen molar-refractivity contribution in [2.75, 3.05) is 25.0 Å². The summed E-state index contributed by atoms with van der Waals surface area (Å²) in [7, 11) is -1.10. The molecule has 0 aliphatic rings. The molecule has 0 aliphatic heterocycles. The number of methoxy groups -OCH3 is 1. The van der Waals surface area contributed by atoms with Gasteiger partial charge in [-0.05, 0) is 67.9 Å². The first-order chi connectivity index (χ1) is 17.6. The first kappa shape index (κ1) is 28.0. The molecule has 8 nitrogen and oxygen atoms in total. The molecule has 0 fully saturated rings. The minimum atomic E-state index is -4.14. The van der Waals surface area contributed by atoms with Gasteiger partial charge in [0.05, 0.1) is 17.7 Å². The number of benzene rings is 3. The Morgan fingerprint density at radius 2 is 1.57 bits per heavy atom. The standard InChI is InChI=1S/C27H30ClN3O5S/c1-19-5-11-23(12-6-19)31(37(34,35)25-15-9-22(28)10-16-25)18-26(32)30(20(2)27(33)29-3)17-21-7-13-24(36-4)14-8-21/h5-16,20H,17-18H2,1-4H3,(H,29,33)/t20-/m1/s1. The Bertz CT molecular complexity index is 1330. The number of hydrogen-bond acceptors (Lipinski definition) is 5. The first-order valence-electron chi connectivity index (χ1n) is 11.6. The number of nitrogens with one attached hydrogen (secondary N) is 1. The van der Waals surface area contributed by atoms with Crippen molar-refractivity contribution in [3.05, 3.63) is 88.9 Å². The Kier molecular flexibility index (Phi) is 9.18. The summed E-state index contributed by atoms with van der Waals surface area (Å²) in [6.07, 6.45) is 0. The van der Waals surface area contributed by atoms with Gasteiger partial charge in [-0.15, -0.1) is 0 Å². The summed E-state index contributed by atoms with van der Waals surface area (Å²) in [5, 5.41) is 2.95. The SMILES string of the molecule is CNC(=O)[C@@H](C)N(Cc1ccc(OC)cc1)C(=O)CN(c1ccc(C)cc1)S(=O)(=O)c1ccc(Cl)cc1. The minimum absolute atomic E-state index is 0.00803. The van der Waals surface area contributed by atoms with Crippen molar-refractivity contribution in [3.8, 4) is 5.75 Å². The molecule has 0 spiro atoms. The zero-order valence-corrected chi connectivity index (χ0v) is 22.7. The monoisotopic (exact) mass is 543 g/mol. The molecule has 3 rings (SSSR count). The summed E-state index contributed by atoms with van der Waals surface area (Å²) >= 11 is 5.96. The van der Waals surface area contributed by atoms with Crippen LogP contribution >= 0.6 is 11.6 Å². The number of halogens is 1. The average molecular weight is 544 g/mol. The molecule has 2 amide bonds. The molecule has 0 bridgehead atoms. The van der Waals surface area contributed by atoms with Crippen LogP contribution in [0, 0.1) is 6.92 Å². The highest BCUT2D eigenvalue weighted by Gasteiger charge is 2.32. The second-order valence-electron chi connectivity index (χ2n) is 8.46. The fourth-order valence-corrected chi connectivity index (χ4v) is 5.23. The van der Waals surface area contributed by atoms with Crippen LogP contribution in [0.4, 0.5) is 5.69 Å². The van der Waals surface area contributed by atoms with Gasteiger partial charge in [-0.3, -0.25) is 13.9 Å². The van der Waals surface area contributed by atoms with Crippen LogP contribution in [0.5, 0.6) is 5.75 Å². The van der Waals surface area contributed by atoms with Crippen molar-refractivity contribution in [2.45, 2.75) is 31.3 Å². The minimum Gasteiger partial charge on any atom is -0.497 e. The van der Waals surface area contributed by atoms with E-state index in [4.69, 9.17) is 16.3 Å². The molecular formula is C27H30ClN3O5S. The predicted molar refractivity (Wildman–Crippen MR) is 144 cm³/mol. The zero-order chi connectivity index (χ0) is 27.2. The molecule has 10 heteroatoms. The molecule has 0 unspecified atom stereocenters. The zero-order valence-electron chi connectivity index (χ0n) is 21.1. The van der Waals surface area contributed by atoms with Gasteiger partial charge in [-0.2, -0.15) is 0 Å². The second-order valence-corrected chi connectivity index (χ2v) is 10.8. The number of sulfonamides is 1. The van der Waals surface area contributed by atoms with E-state index < -0.39 is 28.5 Å². The molecule has 0 aromatic heterocycles. The Labute approximate surface area is 222 Å². The van der Waals surface area contributed by atoms with E-state index in [1.807, 2.05) is 6.92 Å². The molecule has 1 atom stereocenters. The largest absolute Gasteiger partial charge is 0.497 e. The third-order valence-corrected chi connectivity index (χ3v) is 7.97. The maximum absolute atomic E-state index is 13.7. The van der Waals surface area contributed by atoms with Crippen molar-refractivity contribution in [1.82, 2.24) is 10.2 Å². The Morgan fingerprint density at radius 3 is 2.11 bits per heavy atom. The van der Waals surface area contributed by atoms with Crippen LogP contribution in [0.1, 0.15) is 18.1 Å². The summed E-state index contributed by atoms with van der Waals surface area (Å²) in [6.45, 7) is 3.07. The summed E-state index contributed by atoms with van der Waals surface area (Å²) in [4.78, 5) is 27.6. The molecule has 0 radical (unpaired) electrons. The number of anilines is 1. The van der Waals surface area contributed by atoms with Gasteiger partial charge in [0.25, 0.3) is 10.0 Å². The number of hydrogen-bond donors (Lipinski definition) is 1. The number of carbonyl (C=O) groups is 2. The Hall–Kier alpha value is -3.56. The lowest BCUT2D eigenvalue weighted by Gasteiger charge is -2.31. The fraction of sp³-hybridized carbons (Fsp3) is 0.259. The topological polar surface area (TPSA) is 96.0 Å². The third-order valence-electron chi connectivity index (χ3n) is 5.93. The van der Waals surface area contributed by atoms with E-state index in [9.17, 15) is 18.0 Å². The lowest BCUT2D eigenvalue weighted by atomic mass is 10.1. The van der Waals surface area contributed by atoms with Crippen LogP contribution in [0.25, 0.3) is 0 Å². The highest BCUT2D eigenvalue weighted by Crippen LogP contribution is 2.26. The quantitative estimate of drug-likeness (QED) is 0.417. The van der Waals surface area contributed by atoms with Crippen LogP contribution in [-0.4, -0.2) is 51.9 Å². The molecular weight excluding hydrogens is 514 g/mol. The van der Waals surface area contributed by atoms with E-state index in [1.165, 1.54) is 36.2 Å². The van der Waals surface area contributed by atoms with Gasteiger partial charge in [0.1, 0.15) is 18.3 Å². The number of amides is 2. The summed E-state index contributed by atoms with van der Waals surface area (Å²) in [6, 6.07) is 18.8. The Morgan fingerprint density at radius 1 is 0.973 bits per heavy atom. The van der Waals surface area contributed by atoms with Crippen molar-refractivity contribution in [3.63, 3.8) is 0 Å². The lowest BCUT2D eigenvalue weighted by Crippen LogP contribution is -2.50. The predicted octanol–water partition coefficient (Wildman–Crippen LogP) is 4.02. The van der Waals surface area contributed by atoms with E-state index in [1.54, 1.807) is 62.6 Å². The van der Waals surface area contributed by atoms with E-state index in [0.29, 0.717) is 16.5 Å². The highest BCUT2D eigenvalue weighted by molar-refractivity contribution is 7.92. The number of aryl methyl sites for hydroxylation is 1. The van der Waals surface area contributed by atoms with E-state index in [0.717, 1.165) is 15.4 Å². The summed E-state index contributed by atoms with van der Waals surface area (Å²) < 4.78 is 33.6. The molecule has 0 saturated heterocycles. The normalized spacial score (nSPS) is 11.9. The van der Waals surface area contributed by atoms with Gasteiger partial charge in [0, 0.05) is 18.6 Å². The van der Waals surface area contributed by atoms with Gasteiger partial charge in [-0.25, -0.2) is 8.42 Å². The molecule has 37 heavy (non-hydrogen) atoms. The molecule has 0 aliphatic carbocycles. The Balaban J connectivity index is 2.00. The van der Waals surface area contributed by atoms with E-state index in [-0.39, 0.29) is 17.3 Å². The average Bonchev–Trinajstić information content (AvgIpc) is 2.90. The van der Waals surface area contributed by atoms with Crippen LogP contribution in [0.3, 0.4) is 0 Å². The van der Waals surface area contributed by atoms with Crippen molar-refractivity contribution < 1.29 is 22.7 Å². The van der Waals surface area contributed by atoms with Gasteiger partial charge in [0.15, 0.2) is 0 Å². The molecule has 3 aromatic rings. The van der Waals surface area contributed by atoms with Gasteiger partial charge < -0.3 is 15.0 Å². The molecule has 0 saturated carbocycles. The van der Waals surface area contributed by atoms with Crippen LogP contribution in [0.2, 0.25) is 5.02 Å². The third kappa shape index (κ3) is 6.81.